The summed E-state index contributed by atoms with van der Waals surface area (Å²) in [6.07, 6.45) is 10.9. The van der Waals surface area contributed by atoms with E-state index in [0.717, 1.165) is 64.5 Å². The van der Waals surface area contributed by atoms with Crippen molar-refractivity contribution >= 4 is 11.9 Å². The van der Waals surface area contributed by atoms with E-state index in [-0.39, 0.29) is 17.1 Å². The second-order valence-electron chi connectivity index (χ2n) is 13.7. The van der Waals surface area contributed by atoms with Gasteiger partial charge in [0.15, 0.2) is 0 Å². The first-order valence-corrected chi connectivity index (χ1v) is 15.1. The van der Waals surface area contributed by atoms with E-state index in [4.69, 9.17) is 4.74 Å². The van der Waals surface area contributed by atoms with E-state index in [1.807, 2.05) is 0 Å². The van der Waals surface area contributed by atoms with Crippen molar-refractivity contribution in [3.63, 3.8) is 0 Å². The number of hydrogen-bond donors (Lipinski definition) is 1. The monoisotopic (exact) mass is 502 g/mol. The van der Waals surface area contributed by atoms with E-state index in [0.29, 0.717) is 54.5 Å². The Morgan fingerprint density at radius 2 is 1.78 bits per heavy atom. The van der Waals surface area contributed by atoms with Crippen molar-refractivity contribution < 1.29 is 19.4 Å². The third-order valence-corrected chi connectivity index (χ3v) is 11.5. The van der Waals surface area contributed by atoms with Crippen LogP contribution in [-0.2, 0) is 9.53 Å². The second kappa shape index (κ2) is 9.87. The zero-order valence-corrected chi connectivity index (χ0v) is 23.3. The average Bonchev–Trinajstić information content (AvgIpc) is 3.30. The molecule has 4 aliphatic carbocycles. The molecule has 4 saturated carbocycles. The molecule has 0 aromatic heterocycles. The Hall–Kier alpha value is -1.14. The van der Waals surface area contributed by atoms with E-state index in [1.165, 1.54) is 19.3 Å². The number of fused-ring (bicyclic) bond motifs is 5. The molecule has 1 unspecified atom stereocenters. The summed E-state index contributed by atoms with van der Waals surface area (Å²) < 4.78 is 6.15. The molecule has 0 aromatic carbocycles. The van der Waals surface area contributed by atoms with Crippen molar-refractivity contribution in [3.05, 3.63) is 0 Å². The number of aliphatic hydroxyl groups excluding tert-OH is 1. The lowest BCUT2D eigenvalue weighted by atomic mass is 9.44. The van der Waals surface area contributed by atoms with E-state index < -0.39 is 6.10 Å². The van der Waals surface area contributed by atoms with Crippen LogP contribution >= 0.6 is 0 Å². The standard InChI is InChI=1S/C30H50N2O4/c1-5-15-31(16-6-2)18-22(33)19-32-20-30(36-27(32)35)14-13-28(3)21(17-30)7-8-23-24-9-10-26(34)29(24,4)12-11-25(23)28/h21-25,33H,5-20H2,1-4H3/t21-,22?,23-,24-,25-,28-,29-,30+/m0/s1. The molecule has 5 aliphatic rings. The van der Waals surface area contributed by atoms with Gasteiger partial charge in [-0.1, -0.05) is 27.7 Å². The highest BCUT2D eigenvalue weighted by molar-refractivity contribution is 5.87. The third kappa shape index (κ3) is 4.42. The molecule has 0 aromatic rings. The van der Waals surface area contributed by atoms with Crippen LogP contribution in [0.4, 0.5) is 4.79 Å². The molecule has 1 aliphatic heterocycles. The first-order valence-electron chi connectivity index (χ1n) is 15.1. The van der Waals surface area contributed by atoms with Gasteiger partial charge in [0.05, 0.1) is 19.2 Å². The van der Waals surface area contributed by atoms with Crippen LogP contribution in [0, 0.1) is 34.5 Å². The Morgan fingerprint density at radius 1 is 1.03 bits per heavy atom. The summed E-state index contributed by atoms with van der Waals surface area (Å²) in [5.74, 6) is 3.08. The first kappa shape index (κ1) is 26.5. The molecular formula is C30H50N2O4. The fourth-order valence-electron chi connectivity index (χ4n) is 9.69. The predicted molar refractivity (Wildman–Crippen MR) is 141 cm³/mol. The van der Waals surface area contributed by atoms with Crippen molar-refractivity contribution in [1.82, 2.24) is 9.80 Å². The molecule has 204 valence electrons. The first-order chi connectivity index (χ1) is 17.1. The van der Waals surface area contributed by atoms with Gasteiger partial charge in [-0.2, -0.15) is 0 Å². The SMILES string of the molecule is CCCN(CCC)CC(O)CN1C[C@]2(CC[C@@]3(C)[C@@H](CC[C@@H]4[C@@H]3CC[C@]3(C)C(=O)CC[C@@H]43)C2)OC1=O. The van der Waals surface area contributed by atoms with Gasteiger partial charge in [-0.05, 0) is 106 Å². The van der Waals surface area contributed by atoms with Crippen LogP contribution in [0.25, 0.3) is 0 Å². The summed E-state index contributed by atoms with van der Waals surface area (Å²) in [5.41, 5.74) is -0.152. The highest BCUT2D eigenvalue weighted by atomic mass is 16.6. The Balaban J connectivity index is 1.22. The van der Waals surface area contributed by atoms with Crippen molar-refractivity contribution in [2.24, 2.45) is 34.5 Å². The Kier molecular flexibility index (Phi) is 7.26. The van der Waals surface area contributed by atoms with E-state index in [2.05, 4.69) is 32.6 Å². The molecule has 36 heavy (non-hydrogen) atoms. The zero-order chi connectivity index (χ0) is 25.7. The minimum Gasteiger partial charge on any atom is -0.441 e. The fourth-order valence-corrected chi connectivity index (χ4v) is 9.69. The Labute approximate surface area is 218 Å². The molecule has 8 atom stereocenters. The summed E-state index contributed by atoms with van der Waals surface area (Å²) in [6, 6.07) is 0. The minimum absolute atomic E-state index is 0.0631. The van der Waals surface area contributed by atoms with Crippen molar-refractivity contribution in [1.29, 1.82) is 0 Å². The molecule has 0 radical (unpaired) electrons. The molecule has 1 amide bonds. The largest absolute Gasteiger partial charge is 0.441 e. The fraction of sp³-hybridized carbons (Fsp3) is 0.933. The molecule has 0 bridgehead atoms. The van der Waals surface area contributed by atoms with E-state index in [1.54, 1.807) is 4.90 Å². The predicted octanol–water partition coefficient (Wildman–Crippen LogP) is 5.27. The lowest BCUT2D eigenvalue weighted by Gasteiger charge is -2.61. The van der Waals surface area contributed by atoms with Crippen LogP contribution in [0.3, 0.4) is 0 Å². The molecule has 1 saturated heterocycles. The van der Waals surface area contributed by atoms with Gasteiger partial charge >= 0.3 is 6.09 Å². The van der Waals surface area contributed by atoms with Crippen LogP contribution in [0.15, 0.2) is 0 Å². The number of aliphatic hydroxyl groups is 1. The number of amides is 1. The van der Waals surface area contributed by atoms with Gasteiger partial charge in [-0.25, -0.2) is 4.79 Å². The van der Waals surface area contributed by atoms with Crippen molar-refractivity contribution in [2.75, 3.05) is 32.7 Å². The lowest BCUT2D eigenvalue weighted by molar-refractivity contribution is -0.149. The molecule has 1 N–H and O–H groups in total. The van der Waals surface area contributed by atoms with E-state index >= 15 is 0 Å². The quantitative estimate of drug-likeness (QED) is 0.489. The molecule has 5 rings (SSSR count). The maximum absolute atomic E-state index is 12.9. The summed E-state index contributed by atoms with van der Waals surface area (Å²) in [5, 5.41) is 10.8. The number of carbonyl (C=O) groups is 2. The van der Waals surface area contributed by atoms with Crippen LogP contribution in [-0.4, -0.2) is 71.2 Å². The Bertz CT molecular complexity index is 843. The van der Waals surface area contributed by atoms with Crippen LogP contribution < -0.4 is 0 Å². The Morgan fingerprint density at radius 3 is 2.50 bits per heavy atom. The maximum atomic E-state index is 12.9. The van der Waals surface area contributed by atoms with Crippen LogP contribution in [0.1, 0.15) is 98.3 Å². The highest BCUT2D eigenvalue weighted by Gasteiger charge is 2.62. The molecule has 5 fully saturated rings. The molecule has 6 nitrogen and oxygen atoms in total. The lowest BCUT2D eigenvalue weighted by Crippen LogP contribution is -2.56. The van der Waals surface area contributed by atoms with Gasteiger partial charge in [0, 0.05) is 18.4 Å². The normalized spacial score (nSPS) is 42.9. The average molecular weight is 503 g/mol. The smallest absolute Gasteiger partial charge is 0.410 e. The number of nitrogens with zero attached hydrogens (tertiary/aromatic N) is 2. The van der Waals surface area contributed by atoms with Gasteiger partial charge in [0.2, 0.25) is 0 Å². The summed E-state index contributed by atoms with van der Waals surface area (Å²) in [7, 11) is 0. The molecule has 6 heteroatoms. The number of ketones is 1. The number of Topliss-reactive ketones (excluding diaryl/α,β-unsaturated/α-hetero) is 1. The van der Waals surface area contributed by atoms with Crippen molar-refractivity contribution in [3.8, 4) is 0 Å². The topological polar surface area (TPSA) is 70.1 Å². The number of ether oxygens (including phenoxy) is 1. The third-order valence-electron chi connectivity index (χ3n) is 11.5. The van der Waals surface area contributed by atoms with E-state index in [9.17, 15) is 14.7 Å². The molecule has 1 heterocycles. The summed E-state index contributed by atoms with van der Waals surface area (Å²) in [6.45, 7) is 12.7. The number of carbonyl (C=O) groups excluding carboxylic acids is 2. The van der Waals surface area contributed by atoms with Crippen molar-refractivity contribution in [2.45, 2.75) is 110 Å². The summed E-state index contributed by atoms with van der Waals surface area (Å²) in [4.78, 5) is 29.7. The number of β-amino-alcohol motifs (C(OH)–C–C–N with tert-alkyl or cyclic N) is 1. The highest BCUT2D eigenvalue weighted by Crippen LogP contribution is 2.66. The summed E-state index contributed by atoms with van der Waals surface area (Å²) >= 11 is 0. The number of hydrogen-bond acceptors (Lipinski definition) is 5. The maximum Gasteiger partial charge on any atom is 0.410 e. The molecular weight excluding hydrogens is 452 g/mol. The van der Waals surface area contributed by atoms with Gasteiger partial charge in [0.25, 0.3) is 0 Å². The minimum atomic E-state index is -0.541. The zero-order valence-electron chi connectivity index (χ0n) is 23.3. The van der Waals surface area contributed by atoms with Gasteiger partial charge < -0.3 is 19.6 Å². The second-order valence-corrected chi connectivity index (χ2v) is 13.7. The van der Waals surface area contributed by atoms with Gasteiger partial charge in [-0.15, -0.1) is 0 Å². The number of rotatable bonds is 8. The van der Waals surface area contributed by atoms with Crippen LogP contribution in [0.5, 0.6) is 0 Å². The van der Waals surface area contributed by atoms with Gasteiger partial charge in [0.1, 0.15) is 11.4 Å². The van der Waals surface area contributed by atoms with Gasteiger partial charge in [-0.3, -0.25) is 4.79 Å². The molecule has 1 spiro atoms. The van der Waals surface area contributed by atoms with Crippen LogP contribution in [0.2, 0.25) is 0 Å².